The topological polar surface area (TPSA) is 79.8 Å². The summed E-state index contributed by atoms with van der Waals surface area (Å²) in [7, 11) is 0. The van der Waals surface area contributed by atoms with Crippen LogP contribution in [0.25, 0.3) is 10.9 Å². The number of benzene rings is 1. The van der Waals surface area contributed by atoms with Gasteiger partial charge in [-0.1, -0.05) is 18.2 Å². The van der Waals surface area contributed by atoms with Crippen LogP contribution in [-0.2, 0) is 0 Å². The molecule has 3 aromatic rings. The van der Waals surface area contributed by atoms with Crippen molar-refractivity contribution in [2.24, 2.45) is 0 Å². The van der Waals surface area contributed by atoms with E-state index in [1.807, 2.05) is 24.3 Å². The predicted octanol–water partition coefficient (Wildman–Crippen LogP) is 2.75. The quantitative estimate of drug-likeness (QED) is 0.538. The van der Waals surface area contributed by atoms with Crippen LogP contribution < -0.4 is 10.6 Å². The number of hydrogen-bond acceptors (Lipinski definition) is 6. The molecule has 6 heteroatoms. The fraction of sp³-hybridized carbons (Fsp3) is 0.176. The number of rotatable bonds is 6. The number of para-hydroxylation sites is 1. The van der Waals surface area contributed by atoms with Crippen LogP contribution >= 0.6 is 0 Å². The molecule has 0 aliphatic carbocycles. The first-order valence-corrected chi connectivity index (χ1v) is 7.39. The van der Waals surface area contributed by atoms with Crippen LogP contribution in [0.1, 0.15) is 17.3 Å². The van der Waals surface area contributed by atoms with Crippen LogP contribution in [0.15, 0.2) is 48.9 Å². The van der Waals surface area contributed by atoms with Gasteiger partial charge >= 0.3 is 0 Å². The normalized spacial score (nSPS) is 10.5. The Morgan fingerprint density at radius 1 is 1.00 bits per heavy atom. The number of fused-ring (bicyclic) bond motifs is 1. The highest BCUT2D eigenvalue weighted by Crippen LogP contribution is 2.25. The minimum atomic E-state index is -0.00916. The highest BCUT2D eigenvalue weighted by atomic mass is 16.1. The number of carbonyl (C=O) groups is 1. The third-order valence-corrected chi connectivity index (χ3v) is 3.43. The molecule has 6 nitrogen and oxygen atoms in total. The summed E-state index contributed by atoms with van der Waals surface area (Å²) in [6, 6.07) is 9.53. The second-order valence-electron chi connectivity index (χ2n) is 5.05. The van der Waals surface area contributed by atoms with Crippen LogP contribution in [-0.4, -0.2) is 33.8 Å². The van der Waals surface area contributed by atoms with E-state index < -0.39 is 0 Å². The highest BCUT2D eigenvalue weighted by molar-refractivity contribution is 6.06. The third kappa shape index (κ3) is 3.42. The summed E-state index contributed by atoms with van der Waals surface area (Å²) < 4.78 is 0. The SMILES string of the molecule is CC(=O)c1cnc2ccccc2c1NCCNc1ncccn1. The Kier molecular flexibility index (Phi) is 4.42. The summed E-state index contributed by atoms with van der Waals surface area (Å²) in [5, 5.41) is 7.40. The number of nitrogens with zero attached hydrogens (tertiary/aromatic N) is 3. The molecule has 0 atom stereocenters. The van der Waals surface area contributed by atoms with Crippen LogP contribution in [0.2, 0.25) is 0 Å². The molecular weight excluding hydrogens is 290 g/mol. The molecule has 116 valence electrons. The molecule has 0 bridgehead atoms. The van der Waals surface area contributed by atoms with Crippen molar-refractivity contribution in [3.05, 3.63) is 54.5 Å². The van der Waals surface area contributed by atoms with Crippen LogP contribution in [0, 0.1) is 0 Å². The molecule has 23 heavy (non-hydrogen) atoms. The monoisotopic (exact) mass is 307 g/mol. The summed E-state index contributed by atoms with van der Waals surface area (Å²) in [6.45, 7) is 2.82. The Morgan fingerprint density at radius 3 is 2.52 bits per heavy atom. The molecule has 0 aliphatic rings. The first kappa shape index (κ1) is 14.9. The Bertz CT molecular complexity index is 820. The lowest BCUT2D eigenvalue weighted by Crippen LogP contribution is -2.16. The maximum atomic E-state index is 11.8. The lowest BCUT2D eigenvalue weighted by Gasteiger charge is -2.13. The van der Waals surface area contributed by atoms with E-state index in [2.05, 4.69) is 25.6 Å². The zero-order valence-electron chi connectivity index (χ0n) is 12.8. The predicted molar refractivity (Wildman–Crippen MR) is 90.8 cm³/mol. The molecule has 2 aromatic heterocycles. The zero-order valence-corrected chi connectivity index (χ0v) is 12.8. The van der Waals surface area contributed by atoms with Gasteiger partial charge in [0.05, 0.1) is 16.8 Å². The van der Waals surface area contributed by atoms with Crippen molar-refractivity contribution in [1.82, 2.24) is 15.0 Å². The van der Waals surface area contributed by atoms with Gasteiger partial charge in [0.1, 0.15) is 0 Å². The first-order valence-electron chi connectivity index (χ1n) is 7.39. The Balaban J connectivity index is 1.76. The van der Waals surface area contributed by atoms with E-state index in [0.717, 1.165) is 16.6 Å². The third-order valence-electron chi connectivity index (χ3n) is 3.43. The molecule has 0 amide bonds. The second kappa shape index (κ2) is 6.83. The summed E-state index contributed by atoms with van der Waals surface area (Å²) >= 11 is 0. The summed E-state index contributed by atoms with van der Waals surface area (Å²) in [4.78, 5) is 24.4. The highest BCUT2D eigenvalue weighted by Gasteiger charge is 2.11. The van der Waals surface area contributed by atoms with Crippen molar-refractivity contribution in [3.63, 3.8) is 0 Å². The van der Waals surface area contributed by atoms with E-state index in [1.165, 1.54) is 0 Å². The van der Waals surface area contributed by atoms with Gasteiger partial charge in [0.15, 0.2) is 5.78 Å². The van der Waals surface area contributed by atoms with Gasteiger partial charge in [-0.3, -0.25) is 9.78 Å². The van der Waals surface area contributed by atoms with Crippen molar-refractivity contribution < 1.29 is 4.79 Å². The lowest BCUT2D eigenvalue weighted by atomic mass is 10.1. The fourth-order valence-corrected chi connectivity index (χ4v) is 2.35. The molecule has 0 saturated heterocycles. The van der Waals surface area contributed by atoms with Gasteiger partial charge in [0.25, 0.3) is 0 Å². The van der Waals surface area contributed by atoms with E-state index in [9.17, 15) is 4.79 Å². The summed E-state index contributed by atoms with van der Waals surface area (Å²) in [5.74, 6) is 0.575. The number of nitrogens with one attached hydrogen (secondary N) is 2. The van der Waals surface area contributed by atoms with Gasteiger partial charge in [0, 0.05) is 37.1 Å². The molecule has 0 saturated carbocycles. The Hall–Kier alpha value is -3.02. The number of ketones is 1. The molecule has 0 spiro atoms. The zero-order chi connectivity index (χ0) is 16.1. The van der Waals surface area contributed by atoms with Crippen molar-refractivity contribution in [2.75, 3.05) is 23.7 Å². The minimum absolute atomic E-state index is 0.00916. The van der Waals surface area contributed by atoms with Gasteiger partial charge in [0.2, 0.25) is 5.95 Å². The van der Waals surface area contributed by atoms with E-state index in [4.69, 9.17) is 0 Å². The van der Waals surface area contributed by atoms with Gasteiger partial charge in [-0.2, -0.15) is 0 Å². The molecule has 3 rings (SSSR count). The molecule has 1 aromatic carbocycles. The van der Waals surface area contributed by atoms with Crippen LogP contribution in [0.5, 0.6) is 0 Å². The van der Waals surface area contributed by atoms with Crippen LogP contribution in [0.3, 0.4) is 0 Å². The summed E-state index contributed by atoms with van der Waals surface area (Å²) in [5.41, 5.74) is 2.28. The summed E-state index contributed by atoms with van der Waals surface area (Å²) in [6.07, 6.45) is 5.00. The molecule has 2 N–H and O–H groups in total. The maximum absolute atomic E-state index is 11.8. The Morgan fingerprint density at radius 2 is 1.74 bits per heavy atom. The molecule has 0 radical (unpaired) electrons. The number of pyridine rings is 1. The van der Waals surface area contributed by atoms with Crippen molar-refractivity contribution in [2.45, 2.75) is 6.92 Å². The number of hydrogen-bond donors (Lipinski definition) is 2. The molecule has 0 aliphatic heterocycles. The van der Waals surface area contributed by atoms with E-state index >= 15 is 0 Å². The average Bonchev–Trinajstić information content (AvgIpc) is 2.59. The molecule has 2 heterocycles. The largest absolute Gasteiger partial charge is 0.382 e. The molecular formula is C17H17N5O. The van der Waals surface area contributed by atoms with E-state index in [-0.39, 0.29) is 5.78 Å². The van der Waals surface area contributed by atoms with Crippen molar-refractivity contribution in [3.8, 4) is 0 Å². The van der Waals surface area contributed by atoms with E-state index in [0.29, 0.717) is 24.6 Å². The smallest absolute Gasteiger partial charge is 0.222 e. The van der Waals surface area contributed by atoms with Crippen LogP contribution in [0.4, 0.5) is 11.6 Å². The second-order valence-corrected chi connectivity index (χ2v) is 5.05. The van der Waals surface area contributed by atoms with Crippen molar-refractivity contribution in [1.29, 1.82) is 0 Å². The minimum Gasteiger partial charge on any atom is -0.382 e. The lowest BCUT2D eigenvalue weighted by molar-refractivity contribution is 0.101. The average molecular weight is 307 g/mol. The maximum Gasteiger partial charge on any atom is 0.222 e. The molecule has 0 unspecified atom stereocenters. The number of aromatic nitrogens is 3. The fourth-order valence-electron chi connectivity index (χ4n) is 2.35. The first-order chi connectivity index (χ1) is 11.3. The van der Waals surface area contributed by atoms with Gasteiger partial charge in [-0.25, -0.2) is 9.97 Å². The van der Waals surface area contributed by atoms with Gasteiger partial charge in [-0.05, 0) is 19.1 Å². The number of Topliss-reactive ketones (excluding diaryl/α,β-unsaturated/α-hetero) is 1. The standard InChI is InChI=1S/C17H17N5O/c1-12(23)14-11-22-15-6-3-2-5-13(15)16(14)18-9-10-21-17-19-7-4-8-20-17/h2-8,11H,9-10H2,1H3,(H,18,22)(H,19,20,21). The van der Waals surface area contributed by atoms with Gasteiger partial charge < -0.3 is 10.6 Å². The van der Waals surface area contributed by atoms with E-state index in [1.54, 1.807) is 31.6 Å². The van der Waals surface area contributed by atoms with Gasteiger partial charge in [-0.15, -0.1) is 0 Å². The Labute approximate surface area is 134 Å². The van der Waals surface area contributed by atoms with Crippen molar-refractivity contribution >= 4 is 28.3 Å². The number of carbonyl (C=O) groups excluding carboxylic acids is 1. The molecule has 0 fully saturated rings. The number of anilines is 2.